The second kappa shape index (κ2) is 4.86. The van der Waals surface area contributed by atoms with Gasteiger partial charge in [0.1, 0.15) is 0 Å². The Morgan fingerprint density at radius 1 is 1.29 bits per heavy atom. The minimum Gasteiger partial charge on any atom is -0.382 e. The second-order valence-electron chi connectivity index (χ2n) is 4.78. The van der Waals surface area contributed by atoms with Crippen LogP contribution in [0.15, 0.2) is 22.7 Å². The predicted octanol–water partition coefficient (Wildman–Crippen LogP) is 2.43. The standard InChI is InChI=1S/C13H18BrN3/c14-10-3-4-12-13(8-10)17(7-6-16-12)11-2-1-5-15-9-11/h3-4,8,11,15-16H,1-2,5-7,9H2. The third-order valence-corrected chi connectivity index (χ3v) is 4.14. The molecule has 0 radical (unpaired) electrons. The number of nitrogens with zero attached hydrogens (tertiary/aromatic N) is 1. The van der Waals surface area contributed by atoms with Crippen LogP contribution in [0.1, 0.15) is 12.8 Å². The SMILES string of the molecule is Brc1ccc2c(c1)N(C1CCCNC1)CCN2. The molecule has 3 rings (SSSR count). The zero-order valence-electron chi connectivity index (χ0n) is 9.88. The summed E-state index contributed by atoms with van der Waals surface area (Å²) in [7, 11) is 0. The van der Waals surface area contributed by atoms with E-state index in [2.05, 4.69) is 49.7 Å². The van der Waals surface area contributed by atoms with Crippen LogP contribution in [0, 0.1) is 0 Å². The molecule has 4 heteroatoms. The fourth-order valence-electron chi connectivity index (χ4n) is 2.80. The highest BCUT2D eigenvalue weighted by atomic mass is 79.9. The van der Waals surface area contributed by atoms with Crippen molar-refractivity contribution in [2.45, 2.75) is 18.9 Å². The molecule has 1 saturated heterocycles. The molecule has 1 unspecified atom stereocenters. The van der Waals surface area contributed by atoms with E-state index in [1.807, 2.05) is 0 Å². The van der Waals surface area contributed by atoms with E-state index in [9.17, 15) is 0 Å². The predicted molar refractivity (Wildman–Crippen MR) is 75.9 cm³/mol. The Morgan fingerprint density at radius 3 is 3.06 bits per heavy atom. The van der Waals surface area contributed by atoms with Gasteiger partial charge in [0, 0.05) is 30.1 Å². The lowest BCUT2D eigenvalue weighted by molar-refractivity contribution is 0.432. The van der Waals surface area contributed by atoms with E-state index in [1.165, 1.54) is 30.8 Å². The van der Waals surface area contributed by atoms with Gasteiger partial charge in [-0.05, 0) is 37.6 Å². The number of piperidine rings is 1. The van der Waals surface area contributed by atoms with E-state index in [0.717, 1.165) is 24.1 Å². The highest BCUT2D eigenvalue weighted by Gasteiger charge is 2.25. The highest BCUT2D eigenvalue weighted by molar-refractivity contribution is 9.10. The van der Waals surface area contributed by atoms with E-state index in [4.69, 9.17) is 0 Å². The minimum absolute atomic E-state index is 0.652. The molecule has 2 heterocycles. The van der Waals surface area contributed by atoms with E-state index >= 15 is 0 Å². The number of nitrogens with one attached hydrogen (secondary N) is 2. The van der Waals surface area contributed by atoms with Crippen LogP contribution in [0.2, 0.25) is 0 Å². The molecule has 2 N–H and O–H groups in total. The summed E-state index contributed by atoms with van der Waals surface area (Å²) in [4.78, 5) is 2.56. The Balaban J connectivity index is 1.89. The van der Waals surface area contributed by atoms with Crippen LogP contribution in [0.5, 0.6) is 0 Å². The van der Waals surface area contributed by atoms with Gasteiger partial charge in [-0.3, -0.25) is 0 Å². The summed E-state index contributed by atoms with van der Waals surface area (Å²) in [6, 6.07) is 7.16. The quantitative estimate of drug-likeness (QED) is 0.833. The zero-order chi connectivity index (χ0) is 11.7. The van der Waals surface area contributed by atoms with Crippen LogP contribution < -0.4 is 15.5 Å². The van der Waals surface area contributed by atoms with Crippen LogP contribution in [0.25, 0.3) is 0 Å². The van der Waals surface area contributed by atoms with Crippen LogP contribution in [0.4, 0.5) is 11.4 Å². The van der Waals surface area contributed by atoms with Crippen LogP contribution in [-0.4, -0.2) is 32.2 Å². The summed E-state index contributed by atoms with van der Waals surface area (Å²) in [5, 5.41) is 6.98. The lowest BCUT2D eigenvalue weighted by Gasteiger charge is -2.40. The Labute approximate surface area is 111 Å². The molecule has 3 nitrogen and oxygen atoms in total. The van der Waals surface area contributed by atoms with E-state index in [0.29, 0.717) is 6.04 Å². The van der Waals surface area contributed by atoms with Gasteiger partial charge in [0.15, 0.2) is 0 Å². The average molecular weight is 296 g/mol. The Kier molecular flexibility index (Phi) is 3.25. The molecule has 0 saturated carbocycles. The number of hydrogen-bond donors (Lipinski definition) is 2. The van der Waals surface area contributed by atoms with Crippen molar-refractivity contribution in [3.05, 3.63) is 22.7 Å². The Hall–Kier alpha value is -0.740. The molecule has 1 aromatic carbocycles. The van der Waals surface area contributed by atoms with Gasteiger partial charge < -0.3 is 15.5 Å². The third-order valence-electron chi connectivity index (χ3n) is 3.65. The van der Waals surface area contributed by atoms with Crippen LogP contribution >= 0.6 is 15.9 Å². The Bertz CT molecular complexity index is 402. The zero-order valence-corrected chi connectivity index (χ0v) is 11.5. The van der Waals surface area contributed by atoms with Gasteiger partial charge in [-0.25, -0.2) is 0 Å². The molecular weight excluding hydrogens is 278 g/mol. The summed E-state index contributed by atoms with van der Waals surface area (Å²) in [5.41, 5.74) is 2.62. The van der Waals surface area contributed by atoms with Gasteiger partial charge in [-0.2, -0.15) is 0 Å². The highest BCUT2D eigenvalue weighted by Crippen LogP contribution is 2.34. The molecule has 0 aliphatic carbocycles. The largest absolute Gasteiger partial charge is 0.382 e. The molecule has 17 heavy (non-hydrogen) atoms. The summed E-state index contributed by atoms with van der Waals surface area (Å²) in [5.74, 6) is 0. The maximum atomic E-state index is 3.57. The van der Waals surface area contributed by atoms with Gasteiger partial charge in [-0.15, -0.1) is 0 Å². The van der Waals surface area contributed by atoms with Gasteiger partial charge in [-0.1, -0.05) is 15.9 Å². The monoisotopic (exact) mass is 295 g/mol. The molecule has 0 aromatic heterocycles. The maximum absolute atomic E-state index is 3.57. The number of halogens is 1. The first-order valence-corrected chi connectivity index (χ1v) is 7.15. The van der Waals surface area contributed by atoms with E-state index < -0.39 is 0 Å². The van der Waals surface area contributed by atoms with Crippen molar-refractivity contribution in [2.75, 3.05) is 36.4 Å². The summed E-state index contributed by atoms with van der Waals surface area (Å²) in [6.45, 7) is 4.45. The molecule has 1 fully saturated rings. The molecule has 0 bridgehead atoms. The van der Waals surface area contributed by atoms with Crippen molar-refractivity contribution in [1.82, 2.24) is 5.32 Å². The average Bonchev–Trinajstić information content (AvgIpc) is 2.39. The van der Waals surface area contributed by atoms with Gasteiger partial charge in [0.2, 0.25) is 0 Å². The lowest BCUT2D eigenvalue weighted by Crippen LogP contribution is -2.49. The van der Waals surface area contributed by atoms with E-state index in [1.54, 1.807) is 0 Å². The smallest absolute Gasteiger partial charge is 0.0616 e. The van der Waals surface area contributed by atoms with Gasteiger partial charge >= 0.3 is 0 Å². The number of benzene rings is 1. The van der Waals surface area contributed by atoms with Crippen molar-refractivity contribution in [1.29, 1.82) is 0 Å². The number of hydrogen-bond acceptors (Lipinski definition) is 3. The first-order chi connectivity index (χ1) is 8.34. The molecule has 2 aliphatic heterocycles. The first kappa shape index (κ1) is 11.4. The fourth-order valence-corrected chi connectivity index (χ4v) is 3.15. The van der Waals surface area contributed by atoms with Crippen LogP contribution in [0.3, 0.4) is 0 Å². The molecule has 0 amide bonds. The van der Waals surface area contributed by atoms with Crippen molar-refractivity contribution in [3.8, 4) is 0 Å². The van der Waals surface area contributed by atoms with Crippen molar-refractivity contribution in [3.63, 3.8) is 0 Å². The summed E-state index contributed by atoms with van der Waals surface area (Å²) in [6.07, 6.45) is 2.59. The topological polar surface area (TPSA) is 27.3 Å². The normalized spacial score (nSPS) is 24.1. The molecule has 1 atom stereocenters. The molecule has 2 aliphatic rings. The summed E-state index contributed by atoms with van der Waals surface area (Å²) >= 11 is 3.57. The fraction of sp³-hybridized carbons (Fsp3) is 0.538. The number of fused-ring (bicyclic) bond motifs is 1. The van der Waals surface area contributed by atoms with Crippen molar-refractivity contribution < 1.29 is 0 Å². The number of rotatable bonds is 1. The summed E-state index contributed by atoms with van der Waals surface area (Å²) < 4.78 is 1.16. The number of anilines is 2. The third kappa shape index (κ3) is 2.29. The van der Waals surface area contributed by atoms with Crippen molar-refractivity contribution >= 4 is 27.3 Å². The minimum atomic E-state index is 0.652. The van der Waals surface area contributed by atoms with Gasteiger partial charge in [0.05, 0.1) is 11.4 Å². The molecule has 0 spiro atoms. The lowest BCUT2D eigenvalue weighted by atomic mass is 10.0. The molecule has 92 valence electrons. The molecular formula is C13H18BrN3. The van der Waals surface area contributed by atoms with Gasteiger partial charge in [0.25, 0.3) is 0 Å². The molecule has 1 aromatic rings. The van der Waals surface area contributed by atoms with E-state index in [-0.39, 0.29) is 0 Å². The van der Waals surface area contributed by atoms with Crippen LogP contribution in [-0.2, 0) is 0 Å². The Morgan fingerprint density at radius 2 is 2.24 bits per heavy atom. The first-order valence-electron chi connectivity index (χ1n) is 6.35. The maximum Gasteiger partial charge on any atom is 0.0616 e. The van der Waals surface area contributed by atoms with Crippen molar-refractivity contribution in [2.24, 2.45) is 0 Å². The second-order valence-corrected chi connectivity index (χ2v) is 5.70.